The largest absolute Gasteiger partial charge is 0.493 e. The van der Waals surface area contributed by atoms with Gasteiger partial charge in [-0.2, -0.15) is 0 Å². The van der Waals surface area contributed by atoms with Crippen LogP contribution in [0.1, 0.15) is 11.1 Å². The summed E-state index contributed by atoms with van der Waals surface area (Å²) in [6.45, 7) is 4.76. The molecule has 0 aliphatic carbocycles. The van der Waals surface area contributed by atoms with Crippen molar-refractivity contribution < 1.29 is 19.0 Å². The van der Waals surface area contributed by atoms with Gasteiger partial charge in [-0.05, 0) is 42.8 Å². The topological polar surface area (TPSA) is 60.0 Å². The van der Waals surface area contributed by atoms with Gasteiger partial charge in [0.25, 0.3) is 5.91 Å². The lowest BCUT2D eigenvalue weighted by molar-refractivity contribution is -0.118. The Morgan fingerprint density at radius 2 is 1.96 bits per heavy atom. The monoisotopic (exact) mass is 400 g/mol. The highest BCUT2D eigenvalue weighted by Crippen LogP contribution is 2.29. The van der Waals surface area contributed by atoms with Crippen LogP contribution in [0.25, 0.3) is 0 Å². The number of nitrogens with zero attached hydrogens (tertiary/aromatic N) is 1. The van der Waals surface area contributed by atoms with Crippen LogP contribution in [-0.4, -0.2) is 55.8 Å². The Balaban J connectivity index is 1.62. The van der Waals surface area contributed by atoms with Gasteiger partial charge in [0.2, 0.25) is 0 Å². The molecule has 0 unspecified atom stereocenters. The van der Waals surface area contributed by atoms with Crippen LogP contribution in [-0.2, 0) is 9.53 Å². The molecule has 1 heterocycles. The van der Waals surface area contributed by atoms with Crippen LogP contribution in [0, 0.1) is 6.92 Å². The van der Waals surface area contributed by atoms with Gasteiger partial charge in [0.15, 0.2) is 18.1 Å². The number of methoxy groups -OCH3 is 1. The normalized spacial score (nSPS) is 13.7. The molecule has 0 bridgehead atoms. The second kappa shape index (κ2) is 9.52. The first kappa shape index (κ1) is 20.1. The molecule has 0 atom stereocenters. The summed E-state index contributed by atoms with van der Waals surface area (Å²) in [5.41, 5.74) is 2.70. The Kier molecular flexibility index (Phi) is 6.84. The first-order valence-electron chi connectivity index (χ1n) is 9.11. The van der Waals surface area contributed by atoms with Gasteiger partial charge in [-0.25, -0.2) is 0 Å². The van der Waals surface area contributed by atoms with Crippen molar-refractivity contribution in [1.82, 2.24) is 4.90 Å². The maximum Gasteiger partial charge on any atom is 0.262 e. The van der Waals surface area contributed by atoms with Gasteiger partial charge in [0.1, 0.15) is 4.99 Å². The Labute approximate surface area is 170 Å². The predicted molar refractivity (Wildman–Crippen MR) is 112 cm³/mol. The fraction of sp³-hybridized carbons (Fsp3) is 0.333. The van der Waals surface area contributed by atoms with Crippen LogP contribution in [0.5, 0.6) is 11.5 Å². The number of morpholine rings is 1. The van der Waals surface area contributed by atoms with Crippen molar-refractivity contribution in [2.75, 3.05) is 45.3 Å². The minimum atomic E-state index is -0.236. The van der Waals surface area contributed by atoms with E-state index in [1.165, 1.54) is 0 Å². The average Bonchev–Trinajstić information content (AvgIpc) is 2.72. The smallest absolute Gasteiger partial charge is 0.262 e. The Morgan fingerprint density at radius 1 is 1.18 bits per heavy atom. The highest BCUT2D eigenvalue weighted by atomic mass is 32.1. The number of ether oxygens (including phenoxy) is 3. The van der Waals surface area contributed by atoms with Crippen molar-refractivity contribution in [1.29, 1.82) is 0 Å². The second-order valence-electron chi connectivity index (χ2n) is 6.48. The van der Waals surface area contributed by atoms with Crippen LogP contribution < -0.4 is 14.8 Å². The Bertz CT molecular complexity index is 850. The van der Waals surface area contributed by atoms with E-state index in [-0.39, 0.29) is 12.5 Å². The molecule has 148 valence electrons. The fourth-order valence-electron chi connectivity index (χ4n) is 2.93. The third-order valence-electron chi connectivity index (χ3n) is 4.37. The molecule has 28 heavy (non-hydrogen) atoms. The highest BCUT2D eigenvalue weighted by molar-refractivity contribution is 7.80. The van der Waals surface area contributed by atoms with Crippen LogP contribution in [0.3, 0.4) is 0 Å². The maximum atomic E-state index is 12.2. The van der Waals surface area contributed by atoms with Gasteiger partial charge in [-0.15, -0.1) is 0 Å². The molecule has 1 amide bonds. The first-order chi connectivity index (χ1) is 13.6. The molecule has 2 aromatic carbocycles. The summed E-state index contributed by atoms with van der Waals surface area (Å²) in [4.78, 5) is 15.0. The van der Waals surface area contributed by atoms with Crippen LogP contribution in [0.15, 0.2) is 42.5 Å². The van der Waals surface area contributed by atoms with E-state index in [1.807, 2.05) is 43.3 Å². The lowest BCUT2D eigenvalue weighted by Gasteiger charge is -2.29. The summed E-state index contributed by atoms with van der Waals surface area (Å²) in [5, 5.41) is 2.82. The number of hydrogen-bond acceptors (Lipinski definition) is 5. The van der Waals surface area contributed by atoms with Crippen LogP contribution in [0.2, 0.25) is 0 Å². The van der Waals surface area contributed by atoms with Gasteiger partial charge in [-0.3, -0.25) is 4.79 Å². The molecular formula is C21H24N2O4S. The summed E-state index contributed by atoms with van der Waals surface area (Å²) in [5.74, 6) is 0.799. The molecule has 1 N–H and O–H groups in total. The SMILES string of the molecule is COc1cc(C(=S)N2CCOCC2)ccc1OCC(=O)Nc1cccc(C)c1. The van der Waals surface area contributed by atoms with E-state index in [2.05, 4.69) is 10.2 Å². The van der Waals surface area contributed by atoms with Crippen molar-refractivity contribution in [3.05, 3.63) is 53.6 Å². The lowest BCUT2D eigenvalue weighted by Crippen LogP contribution is -2.40. The van der Waals surface area contributed by atoms with Gasteiger partial charge < -0.3 is 24.4 Å². The minimum absolute atomic E-state index is 0.114. The molecule has 1 aliphatic heterocycles. The van der Waals surface area contributed by atoms with Gasteiger partial charge in [0.05, 0.1) is 20.3 Å². The van der Waals surface area contributed by atoms with Crippen molar-refractivity contribution in [3.63, 3.8) is 0 Å². The second-order valence-corrected chi connectivity index (χ2v) is 6.86. The quantitative estimate of drug-likeness (QED) is 0.753. The summed E-state index contributed by atoms with van der Waals surface area (Å²) in [6, 6.07) is 13.1. The number of thiocarbonyl (C=S) groups is 1. The number of carbonyl (C=O) groups excluding carboxylic acids is 1. The minimum Gasteiger partial charge on any atom is -0.493 e. The summed E-state index contributed by atoms with van der Waals surface area (Å²) >= 11 is 5.59. The van der Waals surface area contributed by atoms with E-state index in [1.54, 1.807) is 13.2 Å². The third kappa shape index (κ3) is 5.21. The number of rotatable bonds is 6. The molecule has 1 fully saturated rings. The number of aryl methyl sites for hydroxylation is 1. The van der Waals surface area contributed by atoms with E-state index in [9.17, 15) is 4.79 Å². The number of nitrogens with one attached hydrogen (secondary N) is 1. The van der Waals surface area contributed by atoms with E-state index in [0.717, 1.165) is 34.9 Å². The lowest BCUT2D eigenvalue weighted by atomic mass is 10.1. The number of anilines is 1. The van der Waals surface area contributed by atoms with Gasteiger partial charge in [-0.1, -0.05) is 24.4 Å². The number of amides is 1. The van der Waals surface area contributed by atoms with Crippen LogP contribution in [0.4, 0.5) is 5.69 Å². The Morgan fingerprint density at radius 3 is 2.68 bits per heavy atom. The zero-order valence-electron chi connectivity index (χ0n) is 16.1. The van der Waals surface area contributed by atoms with Crippen molar-refractivity contribution >= 4 is 28.8 Å². The highest BCUT2D eigenvalue weighted by Gasteiger charge is 2.17. The molecule has 7 heteroatoms. The molecule has 3 rings (SSSR count). The molecule has 0 spiro atoms. The van der Waals surface area contributed by atoms with Crippen molar-refractivity contribution in [2.45, 2.75) is 6.92 Å². The molecule has 2 aromatic rings. The zero-order chi connectivity index (χ0) is 19.9. The Hall–Kier alpha value is -2.64. The first-order valence-corrected chi connectivity index (χ1v) is 9.52. The zero-order valence-corrected chi connectivity index (χ0v) is 16.9. The molecule has 6 nitrogen and oxygen atoms in total. The number of carbonyl (C=O) groups is 1. The molecule has 0 saturated carbocycles. The summed E-state index contributed by atoms with van der Waals surface area (Å²) < 4.78 is 16.5. The molecule has 1 aliphatic rings. The van der Waals surface area contributed by atoms with Gasteiger partial charge >= 0.3 is 0 Å². The number of benzene rings is 2. The predicted octanol–water partition coefficient (Wildman–Crippen LogP) is 3.03. The third-order valence-corrected chi connectivity index (χ3v) is 4.86. The molecule has 0 aromatic heterocycles. The molecular weight excluding hydrogens is 376 g/mol. The fourth-order valence-corrected chi connectivity index (χ4v) is 3.24. The van der Waals surface area contributed by atoms with Crippen LogP contribution >= 0.6 is 12.2 Å². The standard InChI is InChI=1S/C21H24N2O4S/c1-15-4-3-5-17(12-15)22-20(24)14-27-18-7-6-16(13-19(18)25-2)21(28)23-8-10-26-11-9-23/h3-7,12-13H,8-11,14H2,1-2H3,(H,22,24). The van der Waals surface area contributed by atoms with E-state index in [0.29, 0.717) is 24.7 Å². The van der Waals surface area contributed by atoms with Crippen molar-refractivity contribution in [2.24, 2.45) is 0 Å². The summed E-state index contributed by atoms with van der Waals surface area (Å²) in [7, 11) is 1.57. The summed E-state index contributed by atoms with van der Waals surface area (Å²) in [6.07, 6.45) is 0. The molecule has 1 saturated heterocycles. The van der Waals surface area contributed by atoms with E-state index in [4.69, 9.17) is 26.4 Å². The molecule has 0 radical (unpaired) electrons. The van der Waals surface area contributed by atoms with Crippen molar-refractivity contribution in [3.8, 4) is 11.5 Å². The average molecular weight is 401 g/mol. The maximum absolute atomic E-state index is 12.2. The number of hydrogen-bond donors (Lipinski definition) is 1. The van der Waals surface area contributed by atoms with E-state index >= 15 is 0 Å². The van der Waals surface area contributed by atoms with Gasteiger partial charge in [0, 0.05) is 24.3 Å². The van der Waals surface area contributed by atoms with E-state index < -0.39 is 0 Å².